The summed E-state index contributed by atoms with van der Waals surface area (Å²) in [6.07, 6.45) is 3.13. The van der Waals surface area contributed by atoms with Crippen LogP contribution in [0.25, 0.3) is 0 Å². The van der Waals surface area contributed by atoms with Crippen LogP contribution in [0.4, 0.5) is 0 Å². The van der Waals surface area contributed by atoms with Gasteiger partial charge in [-0.3, -0.25) is 4.98 Å². The van der Waals surface area contributed by atoms with E-state index in [0.29, 0.717) is 17.2 Å². The van der Waals surface area contributed by atoms with Crippen molar-refractivity contribution in [1.82, 2.24) is 4.98 Å². The Morgan fingerprint density at radius 3 is 2.68 bits per heavy atom. The van der Waals surface area contributed by atoms with E-state index in [1.54, 1.807) is 18.3 Å². The van der Waals surface area contributed by atoms with Crippen LogP contribution in [0.3, 0.4) is 0 Å². The molecule has 3 nitrogen and oxygen atoms in total. The molecule has 0 bridgehead atoms. The lowest BCUT2D eigenvalue weighted by molar-refractivity contribution is 0.0733. The number of benzene rings is 1. The van der Waals surface area contributed by atoms with Gasteiger partial charge in [0.15, 0.2) is 0 Å². The highest BCUT2D eigenvalue weighted by atomic mass is 16.5. The predicted molar refractivity (Wildman–Crippen MR) is 74.5 cm³/mol. The van der Waals surface area contributed by atoms with Crippen LogP contribution in [0.15, 0.2) is 42.7 Å². The topological polar surface area (TPSA) is 39.2 Å². The molecule has 2 aromatic rings. The maximum absolute atomic E-state index is 12.0. The Hall–Kier alpha value is -2.16. The van der Waals surface area contributed by atoms with E-state index < -0.39 is 0 Å². The molecule has 0 atom stereocenters. The third-order valence-electron chi connectivity index (χ3n) is 2.98. The van der Waals surface area contributed by atoms with Crippen LogP contribution in [0.1, 0.15) is 41.3 Å². The number of esters is 1. The Labute approximate surface area is 113 Å². The fourth-order valence-electron chi connectivity index (χ4n) is 1.73. The summed E-state index contributed by atoms with van der Waals surface area (Å²) in [4.78, 5) is 15.9. The second kappa shape index (κ2) is 5.65. The minimum Gasteiger partial charge on any atom is -0.423 e. The summed E-state index contributed by atoms with van der Waals surface area (Å²) < 4.78 is 5.44. The number of hydrogen-bond donors (Lipinski definition) is 0. The monoisotopic (exact) mass is 255 g/mol. The summed E-state index contributed by atoms with van der Waals surface area (Å²) >= 11 is 0. The fraction of sp³-hybridized carbons (Fsp3) is 0.250. The molecule has 0 saturated heterocycles. The van der Waals surface area contributed by atoms with Gasteiger partial charge in [0.2, 0.25) is 0 Å². The van der Waals surface area contributed by atoms with Gasteiger partial charge in [-0.25, -0.2) is 4.79 Å². The second-order valence-corrected chi connectivity index (χ2v) is 4.81. The number of aromatic nitrogens is 1. The van der Waals surface area contributed by atoms with Gasteiger partial charge < -0.3 is 4.74 Å². The first kappa shape index (κ1) is 13.3. The van der Waals surface area contributed by atoms with Gasteiger partial charge in [-0.2, -0.15) is 0 Å². The highest BCUT2D eigenvalue weighted by Crippen LogP contribution is 2.24. The lowest BCUT2D eigenvalue weighted by Crippen LogP contribution is -2.09. The Morgan fingerprint density at radius 1 is 1.26 bits per heavy atom. The van der Waals surface area contributed by atoms with Gasteiger partial charge in [0, 0.05) is 12.4 Å². The molecule has 1 aromatic carbocycles. The lowest BCUT2D eigenvalue weighted by Gasteiger charge is -2.11. The smallest absolute Gasteiger partial charge is 0.345 e. The van der Waals surface area contributed by atoms with E-state index in [9.17, 15) is 4.79 Å². The van der Waals surface area contributed by atoms with E-state index in [2.05, 4.69) is 24.9 Å². The van der Waals surface area contributed by atoms with Crippen LogP contribution in [0, 0.1) is 6.92 Å². The van der Waals surface area contributed by atoms with Crippen LogP contribution >= 0.6 is 0 Å². The molecule has 0 aliphatic rings. The van der Waals surface area contributed by atoms with Gasteiger partial charge in [-0.15, -0.1) is 0 Å². The summed E-state index contributed by atoms with van der Waals surface area (Å²) in [7, 11) is 0. The number of carbonyl (C=O) groups excluding carboxylic acids is 1. The van der Waals surface area contributed by atoms with Crippen molar-refractivity contribution in [3.8, 4) is 5.75 Å². The van der Waals surface area contributed by atoms with Gasteiger partial charge in [-0.1, -0.05) is 26.0 Å². The molecule has 0 radical (unpaired) electrons. The molecule has 3 heteroatoms. The third kappa shape index (κ3) is 3.19. The number of carbonyl (C=O) groups is 1. The van der Waals surface area contributed by atoms with Gasteiger partial charge in [0.1, 0.15) is 5.75 Å². The van der Waals surface area contributed by atoms with E-state index in [-0.39, 0.29) is 5.97 Å². The summed E-state index contributed by atoms with van der Waals surface area (Å²) in [5, 5.41) is 0. The second-order valence-electron chi connectivity index (χ2n) is 4.81. The third-order valence-corrected chi connectivity index (χ3v) is 2.98. The first-order valence-corrected chi connectivity index (χ1v) is 6.30. The number of nitrogens with zero attached hydrogens (tertiary/aromatic N) is 1. The molecule has 1 aromatic heterocycles. The van der Waals surface area contributed by atoms with Crippen molar-refractivity contribution in [2.75, 3.05) is 0 Å². The van der Waals surface area contributed by atoms with Crippen LogP contribution < -0.4 is 4.74 Å². The molecule has 0 saturated carbocycles. The summed E-state index contributed by atoms with van der Waals surface area (Å²) in [5.74, 6) is 0.633. The summed E-state index contributed by atoms with van der Waals surface area (Å²) in [6.45, 7) is 6.14. The van der Waals surface area contributed by atoms with Crippen molar-refractivity contribution in [3.05, 3.63) is 59.4 Å². The molecule has 0 aliphatic carbocycles. The van der Waals surface area contributed by atoms with E-state index >= 15 is 0 Å². The van der Waals surface area contributed by atoms with E-state index in [1.807, 2.05) is 19.1 Å². The summed E-state index contributed by atoms with van der Waals surface area (Å²) in [5.41, 5.74) is 2.55. The molecule has 1 heterocycles. The molecule has 0 fully saturated rings. The zero-order chi connectivity index (χ0) is 13.8. The van der Waals surface area contributed by atoms with Crippen molar-refractivity contribution in [3.63, 3.8) is 0 Å². The maximum Gasteiger partial charge on any atom is 0.345 e. The Kier molecular flexibility index (Phi) is 3.95. The van der Waals surface area contributed by atoms with Crippen LogP contribution in [-0.4, -0.2) is 11.0 Å². The number of aryl methyl sites for hydroxylation is 1. The van der Waals surface area contributed by atoms with E-state index in [0.717, 1.165) is 11.1 Å². The van der Waals surface area contributed by atoms with Crippen molar-refractivity contribution in [1.29, 1.82) is 0 Å². The Balaban J connectivity index is 2.24. The molecular formula is C16H17NO2. The molecular weight excluding hydrogens is 238 g/mol. The Morgan fingerprint density at radius 2 is 2.05 bits per heavy atom. The fourth-order valence-corrected chi connectivity index (χ4v) is 1.73. The molecule has 19 heavy (non-hydrogen) atoms. The van der Waals surface area contributed by atoms with Crippen LogP contribution in [0.5, 0.6) is 5.75 Å². The predicted octanol–water partition coefficient (Wildman–Crippen LogP) is 3.73. The largest absolute Gasteiger partial charge is 0.423 e. The number of rotatable bonds is 3. The summed E-state index contributed by atoms with van der Waals surface area (Å²) in [6, 6.07) is 9.36. The van der Waals surface area contributed by atoms with Gasteiger partial charge in [0.25, 0.3) is 0 Å². The van der Waals surface area contributed by atoms with Crippen LogP contribution in [-0.2, 0) is 0 Å². The SMILES string of the molecule is Cc1ccc(C(C)C)cc1OC(=O)c1cccnc1. The molecule has 0 aliphatic heterocycles. The average Bonchev–Trinajstić information content (AvgIpc) is 2.42. The normalized spacial score (nSPS) is 10.5. The van der Waals surface area contributed by atoms with Gasteiger partial charge >= 0.3 is 5.97 Å². The number of hydrogen-bond acceptors (Lipinski definition) is 3. The zero-order valence-electron chi connectivity index (χ0n) is 11.4. The van der Waals surface area contributed by atoms with E-state index in [1.165, 1.54) is 6.20 Å². The van der Waals surface area contributed by atoms with Crippen molar-refractivity contribution in [2.24, 2.45) is 0 Å². The molecule has 2 rings (SSSR count). The standard InChI is InChI=1S/C16H17NO2/c1-11(2)13-7-6-12(3)15(9-13)19-16(18)14-5-4-8-17-10-14/h4-11H,1-3H3. The van der Waals surface area contributed by atoms with Gasteiger partial charge in [-0.05, 0) is 42.2 Å². The highest BCUT2D eigenvalue weighted by molar-refractivity contribution is 5.90. The van der Waals surface area contributed by atoms with Gasteiger partial charge in [0.05, 0.1) is 5.56 Å². The van der Waals surface area contributed by atoms with Crippen molar-refractivity contribution >= 4 is 5.97 Å². The molecule has 0 amide bonds. The molecule has 0 spiro atoms. The van der Waals surface area contributed by atoms with E-state index in [4.69, 9.17) is 4.74 Å². The minimum absolute atomic E-state index is 0.378. The lowest BCUT2D eigenvalue weighted by atomic mass is 10.0. The zero-order valence-corrected chi connectivity index (χ0v) is 11.4. The maximum atomic E-state index is 12.0. The first-order valence-electron chi connectivity index (χ1n) is 6.30. The molecule has 0 unspecified atom stereocenters. The average molecular weight is 255 g/mol. The highest BCUT2D eigenvalue weighted by Gasteiger charge is 2.11. The quantitative estimate of drug-likeness (QED) is 0.619. The molecule has 0 N–H and O–H groups in total. The van der Waals surface area contributed by atoms with Crippen molar-refractivity contribution < 1.29 is 9.53 Å². The number of ether oxygens (including phenoxy) is 1. The minimum atomic E-state index is -0.378. The van der Waals surface area contributed by atoms with Crippen molar-refractivity contribution in [2.45, 2.75) is 26.7 Å². The Bertz CT molecular complexity index is 577. The first-order chi connectivity index (χ1) is 9.08. The number of pyridine rings is 1. The molecule has 98 valence electrons. The van der Waals surface area contributed by atoms with Crippen LogP contribution in [0.2, 0.25) is 0 Å².